The normalized spacial score (nSPS) is 19.6. The van der Waals surface area contributed by atoms with E-state index in [9.17, 15) is 9.90 Å². The first-order valence-corrected chi connectivity index (χ1v) is 10.0. The van der Waals surface area contributed by atoms with Gasteiger partial charge in [-0.1, -0.05) is 41.9 Å². The largest absolute Gasteiger partial charge is 0.385 e. The van der Waals surface area contributed by atoms with Crippen LogP contribution in [0.5, 0.6) is 0 Å². The van der Waals surface area contributed by atoms with Crippen LogP contribution in [0.25, 0.3) is 0 Å². The fourth-order valence-electron chi connectivity index (χ4n) is 4.20. The Morgan fingerprint density at radius 2 is 1.74 bits per heavy atom. The molecule has 4 rings (SSSR count). The van der Waals surface area contributed by atoms with Crippen molar-refractivity contribution in [3.05, 3.63) is 64.7 Å². The number of hydrogen-bond acceptors (Lipinski definition) is 3. The molecule has 2 aromatic carbocycles. The van der Waals surface area contributed by atoms with E-state index in [2.05, 4.69) is 11.0 Å². The molecular weight excluding hydrogens is 360 g/mol. The summed E-state index contributed by atoms with van der Waals surface area (Å²) in [5.41, 5.74) is 2.39. The fourth-order valence-corrected chi connectivity index (χ4v) is 4.33. The first-order chi connectivity index (χ1) is 13.0. The highest BCUT2D eigenvalue weighted by Gasteiger charge is 2.35. The average Bonchev–Trinajstić information content (AvgIpc) is 2.70. The molecule has 1 fully saturated rings. The predicted molar refractivity (Wildman–Crippen MR) is 108 cm³/mol. The van der Waals surface area contributed by atoms with Crippen molar-refractivity contribution in [1.29, 1.82) is 0 Å². The molecule has 2 aliphatic rings. The van der Waals surface area contributed by atoms with E-state index in [1.54, 1.807) is 0 Å². The third-order valence-corrected chi connectivity index (χ3v) is 6.09. The zero-order valence-electron chi connectivity index (χ0n) is 15.4. The minimum Gasteiger partial charge on any atom is -0.385 e. The second-order valence-electron chi connectivity index (χ2n) is 7.59. The molecular formula is C22H25ClN2O2. The number of likely N-dealkylation sites (tertiary alicyclic amines) is 1. The van der Waals surface area contributed by atoms with Crippen molar-refractivity contribution in [2.24, 2.45) is 0 Å². The van der Waals surface area contributed by atoms with Crippen LogP contribution in [0, 0.1) is 0 Å². The van der Waals surface area contributed by atoms with Gasteiger partial charge in [0.2, 0.25) is 5.91 Å². The second kappa shape index (κ2) is 7.63. The van der Waals surface area contributed by atoms with Crippen molar-refractivity contribution in [1.82, 2.24) is 4.90 Å². The molecule has 2 aromatic rings. The van der Waals surface area contributed by atoms with E-state index < -0.39 is 5.60 Å². The number of nitrogens with zero attached hydrogens (tertiary/aromatic N) is 2. The Balaban J connectivity index is 1.38. The van der Waals surface area contributed by atoms with Gasteiger partial charge in [-0.15, -0.1) is 0 Å². The van der Waals surface area contributed by atoms with Crippen LogP contribution < -0.4 is 4.90 Å². The lowest BCUT2D eigenvalue weighted by atomic mass is 9.84. The molecule has 2 heterocycles. The van der Waals surface area contributed by atoms with Gasteiger partial charge in [-0.3, -0.25) is 9.69 Å². The maximum Gasteiger partial charge on any atom is 0.241 e. The van der Waals surface area contributed by atoms with Gasteiger partial charge in [-0.05, 0) is 55.0 Å². The van der Waals surface area contributed by atoms with Gasteiger partial charge in [0, 0.05) is 30.3 Å². The number of halogens is 1. The van der Waals surface area contributed by atoms with Crippen LogP contribution >= 0.6 is 11.6 Å². The Bertz CT molecular complexity index is 813. The number of aryl methyl sites for hydroxylation is 1. The molecule has 0 radical (unpaired) electrons. The monoisotopic (exact) mass is 384 g/mol. The fraction of sp³-hybridized carbons (Fsp3) is 0.409. The van der Waals surface area contributed by atoms with E-state index in [1.165, 1.54) is 5.56 Å². The van der Waals surface area contributed by atoms with E-state index >= 15 is 0 Å². The number of piperidine rings is 1. The Hall–Kier alpha value is -1.88. The van der Waals surface area contributed by atoms with Gasteiger partial charge in [-0.2, -0.15) is 0 Å². The standard InChI is InChI=1S/C22H25ClN2O2/c23-19-9-7-18(8-10-19)22(27)11-14-24(15-12-22)16-21(26)25-13-3-5-17-4-1-2-6-20(17)25/h1-2,4,6-10,27H,3,5,11-16H2. The molecule has 2 aliphatic heterocycles. The molecule has 0 atom stereocenters. The average molecular weight is 385 g/mol. The first kappa shape index (κ1) is 18.5. The number of fused-ring (bicyclic) bond motifs is 1. The van der Waals surface area contributed by atoms with Crippen LogP contribution in [0.3, 0.4) is 0 Å². The summed E-state index contributed by atoms with van der Waals surface area (Å²) in [7, 11) is 0. The van der Waals surface area contributed by atoms with E-state index in [0.717, 1.165) is 30.6 Å². The number of para-hydroxylation sites is 1. The van der Waals surface area contributed by atoms with E-state index in [0.29, 0.717) is 37.5 Å². The minimum absolute atomic E-state index is 0.152. The van der Waals surface area contributed by atoms with Crippen LogP contribution in [0.15, 0.2) is 48.5 Å². The lowest BCUT2D eigenvalue weighted by Crippen LogP contribution is -2.48. The van der Waals surface area contributed by atoms with Crippen molar-refractivity contribution in [2.45, 2.75) is 31.3 Å². The summed E-state index contributed by atoms with van der Waals surface area (Å²) in [5.74, 6) is 0.152. The molecule has 0 aromatic heterocycles. The molecule has 0 unspecified atom stereocenters. The zero-order valence-corrected chi connectivity index (χ0v) is 16.2. The molecule has 0 bridgehead atoms. The molecule has 0 spiro atoms. The van der Waals surface area contributed by atoms with Gasteiger partial charge in [0.05, 0.1) is 12.1 Å². The summed E-state index contributed by atoms with van der Waals surface area (Å²) < 4.78 is 0. The molecule has 1 N–H and O–H groups in total. The van der Waals surface area contributed by atoms with Gasteiger partial charge in [0.1, 0.15) is 0 Å². The highest BCUT2D eigenvalue weighted by Crippen LogP contribution is 2.33. The molecule has 27 heavy (non-hydrogen) atoms. The molecule has 0 aliphatic carbocycles. The number of aliphatic hydroxyl groups is 1. The van der Waals surface area contributed by atoms with Crippen molar-refractivity contribution < 1.29 is 9.90 Å². The molecule has 142 valence electrons. The first-order valence-electron chi connectivity index (χ1n) is 9.64. The number of carbonyl (C=O) groups excluding carboxylic acids is 1. The summed E-state index contributed by atoms with van der Waals surface area (Å²) >= 11 is 5.95. The van der Waals surface area contributed by atoms with Crippen LogP contribution in [0.1, 0.15) is 30.4 Å². The Kier molecular flexibility index (Phi) is 5.22. The number of rotatable bonds is 3. The highest BCUT2D eigenvalue weighted by atomic mass is 35.5. The third kappa shape index (κ3) is 3.88. The van der Waals surface area contributed by atoms with Crippen molar-refractivity contribution >= 4 is 23.2 Å². The number of anilines is 1. The molecule has 1 amide bonds. The number of amides is 1. The third-order valence-electron chi connectivity index (χ3n) is 5.83. The number of hydrogen-bond donors (Lipinski definition) is 1. The topological polar surface area (TPSA) is 43.8 Å². The smallest absolute Gasteiger partial charge is 0.241 e. The quantitative estimate of drug-likeness (QED) is 0.879. The maximum atomic E-state index is 12.9. The highest BCUT2D eigenvalue weighted by molar-refractivity contribution is 6.30. The van der Waals surface area contributed by atoms with Gasteiger partial charge in [0.25, 0.3) is 0 Å². The van der Waals surface area contributed by atoms with Crippen LogP contribution in [-0.2, 0) is 16.8 Å². The second-order valence-corrected chi connectivity index (χ2v) is 8.03. The summed E-state index contributed by atoms with van der Waals surface area (Å²) in [6, 6.07) is 15.6. The van der Waals surface area contributed by atoms with Gasteiger partial charge in [0.15, 0.2) is 0 Å². The van der Waals surface area contributed by atoms with Crippen molar-refractivity contribution in [3.8, 4) is 0 Å². The van der Waals surface area contributed by atoms with Crippen molar-refractivity contribution in [2.75, 3.05) is 31.1 Å². The SMILES string of the molecule is O=C(CN1CCC(O)(c2ccc(Cl)cc2)CC1)N1CCCc2ccccc21. The van der Waals surface area contributed by atoms with Crippen LogP contribution in [-0.4, -0.2) is 42.1 Å². The van der Waals surface area contributed by atoms with E-state index in [1.807, 2.05) is 47.4 Å². The van der Waals surface area contributed by atoms with Crippen molar-refractivity contribution in [3.63, 3.8) is 0 Å². The minimum atomic E-state index is -0.831. The van der Waals surface area contributed by atoms with Gasteiger partial charge in [-0.25, -0.2) is 0 Å². The van der Waals surface area contributed by atoms with Crippen LogP contribution in [0.4, 0.5) is 5.69 Å². The lowest BCUT2D eigenvalue weighted by Gasteiger charge is -2.39. The molecule has 5 heteroatoms. The van der Waals surface area contributed by atoms with Gasteiger partial charge >= 0.3 is 0 Å². The zero-order chi connectivity index (χ0) is 18.9. The summed E-state index contributed by atoms with van der Waals surface area (Å²) in [6.07, 6.45) is 3.30. The molecule has 1 saturated heterocycles. The number of carbonyl (C=O) groups is 1. The van der Waals surface area contributed by atoms with E-state index in [-0.39, 0.29) is 5.91 Å². The Morgan fingerprint density at radius 1 is 1.04 bits per heavy atom. The Labute approximate surface area is 165 Å². The van der Waals surface area contributed by atoms with E-state index in [4.69, 9.17) is 11.6 Å². The summed E-state index contributed by atoms with van der Waals surface area (Å²) in [4.78, 5) is 17.0. The van der Waals surface area contributed by atoms with Crippen LogP contribution in [0.2, 0.25) is 5.02 Å². The predicted octanol–water partition coefficient (Wildman–Crippen LogP) is 3.60. The van der Waals surface area contributed by atoms with Gasteiger partial charge < -0.3 is 10.0 Å². The maximum absolute atomic E-state index is 12.9. The lowest BCUT2D eigenvalue weighted by molar-refractivity contribution is -0.121. The number of benzene rings is 2. The Morgan fingerprint density at radius 3 is 2.48 bits per heavy atom. The summed E-state index contributed by atoms with van der Waals surface area (Å²) in [6.45, 7) is 2.62. The molecule has 0 saturated carbocycles. The summed E-state index contributed by atoms with van der Waals surface area (Å²) in [5, 5.41) is 11.7. The molecule has 4 nitrogen and oxygen atoms in total.